The molecule has 0 saturated carbocycles. The van der Waals surface area contributed by atoms with Crippen LogP contribution in [0.2, 0.25) is 0 Å². The number of benzene rings is 1. The van der Waals surface area contributed by atoms with E-state index in [4.69, 9.17) is 0 Å². The zero-order chi connectivity index (χ0) is 17.8. The molecule has 3 rings (SSSR count). The highest BCUT2D eigenvalue weighted by Crippen LogP contribution is 2.21. The molecule has 0 bridgehead atoms. The van der Waals surface area contributed by atoms with Crippen LogP contribution in [-0.2, 0) is 6.54 Å². The van der Waals surface area contributed by atoms with E-state index in [0.29, 0.717) is 12.5 Å². The van der Waals surface area contributed by atoms with Gasteiger partial charge in [0.25, 0.3) is 0 Å². The van der Waals surface area contributed by atoms with E-state index in [1.165, 1.54) is 6.33 Å². The van der Waals surface area contributed by atoms with Crippen molar-refractivity contribution < 1.29 is 4.79 Å². The number of amides is 2. The summed E-state index contributed by atoms with van der Waals surface area (Å²) in [5.41, 5.74) is 1.92. The fraction of sp³-hybridized carbons (Fsp3) is 0.500. The summed E-state index contributed by atoms with van der Waals surface area (Å²) in [5, 5.41) is 7.09. The Hall–Kier alpha value is -2.41. The lowest BCUT2D eigenvalue weighted by Gasteiger charge is -2.39. The SMILES string of the molecule is C[C@H]1CN(C)CC[C@H]1N(C)C(=O)Nc1ccc(Cn2cncn2)cc1. The van der Waals surface area contributed by atoms with E-state index < -0.39 is 0 Å². The molecule has 25 heavy (non-hydrogen) atoms. The Balaban J connectivity index is 1.57. The van der Waals surface area contributed by atoms with Crippen molar-refractivity contribution in [2.24, 2.45) is 5.92 Å². The van der Waals surface area contributed by atoms with Crippen LogP contribution in [-0.4, -0.2) is 63.8 Å². The number of carbonyl (C=O) groups excluding carboxylic acids is 1. The zero-order valence-corrected chi connectivity index (χ0v) is 15.1. The van der Waals surface area contributed by atoms with Gasteiger partial charge in [0.15, 0.2) is 0 Å². The second kappa shape index (κ2) is 7.65. The Morgan fingerprint density at radius 1 is 1.36 bits per heavy atom. The number of carbonyl (C=O) groups is 1. The molecular formula is C18H26N6O. The van der Waals surface area contributed by atoms with Crippen LogP contribution < -0.4 is 5.32 Å². The van der Waals surface area contributed by atoms with E-state index in [9.17, 15) is 4.79 Å². The molecular weight excluding hydrogens is 316 g/mol. The molecule has 1 aliphatic rings. The van der Waals surface area contributed by atoms with E-state index in [2.05, 4.69) is 34.3 Å². The Morgan fingerprint density at radius 2 is 2.12 bits per heavy atom. The highest BCUT2D eigenvalue weighted by molar-refractivity contribution is 5.89. The minimum absolute atomic E-state index is 0.0505. The second-order valence-electron chi connectivity index (χ2n) is 6.93. The lowest BCUT2D eigenvalue weighted by atomic mass is 9.93. The van der Waals surface area contributed by atoms with Crippen molar-refractivity contribution in [3.05, 3.63) is 42.5 Å². The number of hydrogen-bond donors (Lipinski definition) is 1. The predicted octanol–water partition coefficient (Wildman–Crippen LogP) is 2.13. The number of hydrogen-bond acceptors (Lipinski definition) is 4. The Labute approximate surface area is 148 Å². The van der Waals surface area contributed by atoms with Gasteiger partial charge in [-0.05, 0) is 43.6 Å². The number of nitrogens with zero attached hydrogens (tertiary/aromatic N) is 5. The average Bonchev–Trinajstić information content (AvgIpc) is 3.09. The van der Waals surface area contributed by atoms with Crippen molar-refractivity contribution >= 4 is 11.7 Å². The summed E-state index contributed by atoms with van der Waals surface area (Å²) < 4.78 is 1.77. The minimum atomic E-state index is -0.0505. The molecule has 1 aliphatic heterocycles. The number of rotatable bonds is 4. The van der Waals surface area contributed by atoms with Crippen molar-refractivity contribution in [3.63, 3.8) is 0 Å². The number of aromatic nitrogens is 3. The van der Waals surface area contributed by atoms with Gasteiger partial charge < -0.3 is 15.1 Å². The van der Waals surface area contributed by atoms with Crippen LogP contribution in [0.3, 0.4) is 0 Å². The van der Waals surface area contributed by atoms with E-state index in [-0.39, 0.29) is 12.1 Å². The molecule has 1 aromatic carbocycles. The van der Waals surface area contributed by atoms with Crippen molar-refractivity contribution in [2.45, 2.75) is 25.9 Å². The molecule has 1 fully saturated rings. The van der Waals surface area contributed by atoms with Gasteiger partial charge in [0, 0.05) is 25.3 Å². The largest absolute Gasteiger partial charge is 0.324 e. The average molecular weight is 342 g/mol. The Kier molecular flexibility index (Phi) is 5.33. The molecule has 2 atom stereocenters. The zero-order valence-electron chi connectivity index (χ0n) is 15.1. The maximum Gasteiger partial charge on any atom is 0.321 e. The number of nitrogens with one attached hydrogen (secondary N) is 1. The smallest absolute Gasteiger partial charge is 0.321 e. The number of likely N-dealkylation sites (tertiary alicyclic amines) is 1. The molecule has 0 spiro atoms. The van der Waals surface area contributed by atoms with Crippen LogP contribution in [0.15, 0.2) is 36.9 Å². The van der Waals surface area contributed by atoms with E-state index in [0.717, 1.165) is 30.8 Å². The summed E-state index contributed by atoms with van der Waals surface area (Å²) >= 11 is 0. The molecule has 2 heterocycles. The fourth-order valence-electron chi connectivity index (χ4n) is 3.47. The van der Waals surface area contributed by atoms with Crippen molar-refractivity contribution in [1.29, 1.82) is 0 Å². The summed E-state index contributed by atoms with van der Waals surface area (Å²) in [4.78, 5) is 20.7. The van der Waals surface area contributed by atoms with Gasteiger partial charge in [0.2, 0.25) is 0 Å². The molecule has 1 aromatic heterocycles. The number of anilines is 1. The van der Waals surface area contributed by atoms with Crippen LogP contribution in [0.1, 0.15) is 18.9 Å². The van der Waals surface area contributed by atoms with E-state index in [1.807, 2.05) is 36.2 Å². The molecule has 134 valence electrons. The van der Waals surface area contributed by atoms with Crippen molar-refractivity contribution in [3.8, 4) is 0 Å². The van der Waals surface area contributed by atoms with Crippen LogP contribution in [0.4, 0.5) is 10.5 Å². The Bertz CT molecular complexity index is 684. The third-order valence-corrected chi connectivity index (χ3v) is 4.90. The monoisotopic (exact) mass is 342 g/mol. The van der Waals surface area contributed by atoms with Crippen LogP contribution in [0.5, 0.6) is 0 Å². The summed E-state index contributed by atoms with van der Waals surface area (Å²) in [5.74, 6) is 0.472. The summed E-state index contributed by atoms with van der Waals surface area (Å²) in [6.07, 6.45) is 4.22. The highest BCUT2D eigenvalue weighted by atomic mass is 16.2. The van der Waals surface area contributed by atoms with Gasteiger partial charge in [-0.15, -0.1) is 0 Å². The quantitative estimate of drug-likeness (QED) is 0.924. The first kappa shape index (κ1) is 17.4. The standard InChI is InChI=1S/C18H26N6O/c1-14-10-22(2)9-8-17(14)23(3)18(25)21-16-6-4-15(5-7-16)11-24-13-19-12-20-24/h4-7,12-14,17H,8-11H2,1-3H3,(H,21,25)/t14-,17+/m0/s1. The van der Waals surface area contributed by atoms with Gasteiger partial charge >= 0.3 is 6.03 Å². The molecule has 0 unspecified atom stereocenters. The topological polar surface area (TPSA) is 66.3 Å². The van der Waals surface area contributed by atoms with Crippen molar-refractivity contribution in [1.82, 2.24) is 24.6 Å². The third-order valence-electron chi connectivity index (χ3n) is 4.90. The van der Waals surface area contributed by atoms with Gasteiger partial charge in [-0.2, -0.15) is 5.10 Å². The first-order valence-electron chi connectivity index (χ1n) is 8.66. The van der Waals surface area contributed by atoms with Gasteiger partial charge in [-0.25, -0.2) is 14.5 Å². The van der Waals surface area contributed by atoms with Gasteiger partial charge in [0.1, 0.15) is 12.7 Å². The third kappa shape index (κ3) is 4.36. The molecule has 0 aliphatic carbocycles. The number of urea groups is 1. The Morgan fingerprint density at radius 3 is 2.76 bits per heavy atom. The predicted molar refractivity (Wildman–Crippen MR) is 97.4 cm³/mol. The van der Waals surface area contributed by atoms with Gasteiger partial charge in [0.05, 0.1) is 6.54 Å². The normalized spacial score (nSPS) is 21.1. The molecule has 2 amide bonds. The molecule has 0 radical (unpaired) electrons. The molecule has 7 heteroatoms. The molecule has 2 aromatic rings. The first-order valence-corrected chi connectivity index (χ1v) is 8.66. The molecule has 1 saturated heterocycles. The van der Waals surface area contributed by atoms with Crippen LogP contribution in [0, 0.1) is 5.92 Å². The molecule has 7 nitrogen and oxygen atoms in total. The summed E-state index contributed by atoms with van der Waals surface area (Å²) in [7, 11) is 4.02. The van der Waals surface area contributed by atoms with E-state index >= 15 is 0 Å². The molecule has 1 N–H and O–H groups in total. The second-order valence-corrected chi connectivity index (χ2v) is 6.93. The summed E-state index contributed by atoms with van der Waals surface area (Å²) in [6, 6.07) is 8.07. The number of piperidine rings is 1. The summed E-state index contributed by atoms with van der Waals surface area (Å²) in [6.45, 7) is 4.94. The van der Waals surface area contributed by atoms with Gasteiger partial charge in [-0.3, -0.25) is 0 Å². The fourth-order valence-corrected chi connectivity index (χ4v) is 3.47. The van der Waals surface area contributed by atoms with E-state index in [1.54, 1.807) is 11.0 Å². The maximum absolute atomic E-state index is 12.6. The highest BCUT2D eigenvalue weighted by Gasteiger charge is 2.29. The maximum atomic E-state index is 12.6. The van der Waals surface area contributed by atoms with Crippen molar-refractivity contribution in [2.75, 3.05) is 32.5 Å². The lowest BCUT2D eigenvalue weighted by molar-refractivity contribution is 0.113. The van der Waals surface area contributed by atoms with Gasteiger partial charge in [-0.1, -0.05) is 19.1 Å². The van der Waals surface area contributed by atoms with Crippen LogP contribution >= 0.6 is 0 Å². The first-order chi connectivity index (χ1) is 12.0. The van der Waals surface area contributed by atoms with Crippen LogP contribution in [0.25, 0.3) is 0 Å². The minimum Gasteiger partial charge on any atom is -0.324 e. The lowest BCUT2D eigenvalue weighted by Crippen LogP contribution is -2.50.